The Morgan fingerprint density at radius 2 is 2.13 bits per heavy atom. The molecule has 0 radical (unpaired) electrons. The Bertz CT molecular complexity index is 199. The van der Waals surface area contributed by atoms with Gasteiger partial charge in [-0.15, -0.1) is 0 Å². The fourth-order valence-corrected chi connectivity index (χ4v) is 0.841. The number of hydrogen-bond acceptors (Lipinski definition) is 2. The Balaban J connectivity index is 3.50. The smallest absolute Gasteiger partial charge is 0.362 e. The maximum atomic E-state index is 11.6. The van der Waals surface area contributed by atoms with Crippen LogP contribution in [0.25, 0.3) is 0 Å². The van der Waals surface area contributed by atoms with Crippen molar-refractivity contribution in [2.75, 3.05) is 19.8 Å². The zero-order valence-electron chi connectivity index (χ0n) is 8.23. The maximum Gasteiger partial charge on any atom is 0.411 e. The van der Waals surface area contributed by atoms with Crippen LogP contribution in [0, 0.1) is 0 Å². The summed E-state index contributed by atoms with van der Waals surface area (Å²) >= 11 is 3.27. The number of alkyl halides is 4. The molecule has 1 N–H and O–H groups in total. The van der Waals surface area contributed by atoms with Gasteiger partial charge in [-0.05, 0) is 6.42 Å². The average molecular weight is 292 g/mol. The molecule has 0 aliphatic heterocycles. The minimum Gasteiger partial charge on any atom is -0.362 e. The summed E-state index contributed by atoms with van der Waals surface area (Å²) in [5, 5.41) is 2.44. The molecule has 0 aromatic rings. The molecular formula is C8H13BrF3NO2. The van der Waals surface area contributed by atoms with Gasteiger partial charge in [0.1, 0.15) is 13.2 Å². The Hall–Kier alpha value is -0.300. The summed E-state index contributed by atoms with van der Waals surface area (Å²) in [6.45, 7) is 0.339. The molecule has 0 spiro atoms. The summed E-state index contributed by atoms with van der Waals surface area (Å²) in [7, 11) is 0. The number of nitrogens with one attached hydrogen (secondary N) is 1. The molecule has 0 saturated carbocycles. The van der Waals surface area contributed by atoms with Gasteiger partial charge in [-0.3, -0.25) is 4.79 Å². The largest absolute Gasteiger partial charge is 0.411 e. The lowest BCUT2D eigenvalue weighted by atomic mass is 10.3. The SMILES string of the molecule is CCC(Br)CNC(=O)COCC(F)(F)F. The van der Waals surface area contributed by atoms with Gasteiger partial charge in [0.15, 0.2) is 0 Å². The lowest BCUT2D eigenvalue weighted by molar-refractivity contribution is -0.175. The second-order valence-electron chi connectivity index (χ2n) is 2.92. The molecule has 0 saturated heterocycles. The van der Waals surface area contributed by atoms with Gasteiger partial charge in [0.25, 0.3) is 0 Å². The second kappa shape index (κ2) is 7.05. The van der Waals surface area contributed by atoms with E-state index in [1.165, 1.54) is 0 Å². The van der Waals surface area contributed by atoms with E-state index in [2.05, 4.69) is 26.0 Å². The minimum absolute atomic E-state index is 0.129. The topological polar surface area (TPSA) is 38.3 Å². The van der Waals surface area contributed by atoms with Gasteiger partial charge in [-0.2, -0.15) is 13.2 Å². The third-order valence-electron chi connectivity index (χ3n) is 1.46. The van der Waals surface area contributed by atoms with E-state index in [4.69, 9.17) is 0 Å². The van der Waals surface area contributed by atoms with Crippen LogP contribution in [0.4, 0.5) is 13.2 Å². The number of amides is 1. The summed E-state index contributed by atoms with van der Waals surface area (Å²) in [6, 6.07) is 0. The first-order valence-electron chi connectivity index (χ1n) is 4.40. The first-order valence-corrected chi connectivity index (χ1v) is 5.32. The zero-order chi connectivity index (χ0) is 11.9. The summed E-state index contributed by atoms with van der Waals surface area (Å²) < 4.78 is 39.0. The Morgan fingerprint density at radius 1 is 1.53 bits per heavy atom. The van der Waals surface area contributed by atoms with Gasteiger partial charge in [-0.1, -0.05) is 22.9 Å². The Morgan fingerprint density at radius 3 is 2.60 bits per heavy atom. The minimum atomic E-state index is -4.39. The number of halogens is 4. The number of hydrogen-bond donors (Lipinski definition) is 1. The molecule has 1 atom stereocenters. The van der Waals surface area contributed by atoms with E-state index in [-0.39, 0.29) is 4.83 Å². The van der Waals surface area contributed by atoms with Crippen molar-refractivity contribution in [2.24, 2.45) is 0 Å². The molecule has 0 fully saturated rings. The molecule has 0 aromatic heterocycles. The van der Waals surface area contributed by atoms with Crippen LogP contribution >= 0.6 is 15.9 Å². The number of carbonyl (C=O) groups excluding carboxylic acids is 1. The molecule has 0 aromatic carbocycles. The molecule has 0 rings (SSSR count). The Labute approximate surface area is 94.5 Å². The Kier molecular flexibility index (Phi) is 6.91. The lowest BCUT2D eigenvalue weighted by Crippen LogP contribution is -2.33. The molecule has 0 heterocycles. The van der Waals surface area contributed by atoms with E-state index in [1.807, 2.05) is 6.92 Å². The van der Waals surface area contributed by atoms with Crippen LogP contribution in [0.5, 0.6) is 0 Å². The van der Waals surface area contributed by atoms with Crippen molar-refractivity contribution in [1.82, 2.24) is 5.32 Å². The zero-order valence-corrected chi connectivity index (χ0v) is 9.82. The van der Waals surface area contributed by atoms with Crippen molar-refractivity contribution in [3.05, 3.63) is 0 Å². The van der Waals surface area contributed by atoms with Crippen molar-refractivity contribution < 1.29 is 22.7 Å². The summed E-state index contributed by atoms with van der Waals surface area (Å²) in [5.74, 6) is -0.544. The standard InChI is InChI=1S/C8H13BrF3NO2/c1-2-6(9)3-13-7(14)4-15-5-8(10,11)12/h6H,2-5H2,1H3,(H,13,14). The van der Waals surface area contributed by atoms with E-state index in [9.17, 15) is 18.0 Å². The van der Waals surface area contributed by atoms with Crippen molar-refractivity contribution in [2.45, 2.75) is 24.3 Å². The normalized spacial score (nSPS) is 13.7. The van der Waals surface area contributed by atoms with Gasteiger partial charge in [-0.25, -0.2) is 0 Å². The number of ether oxygens (including phenoxy) is 1. The monoisotopic (exact) mass is 291 g/mol. The molecule has 0 bridgehead atoms. The van der Waals surface area contributed by atoms with Crippen LogP contribution < -0.4 is 5.32 Å². The van der Waals surface area contributed by atoms with Crippen LogP contribution in [0.1, 0.15) is 13.3 Å². The van der Waals surface area contributed by atoms with E-state index >= 15 is 0 Å². The van der Waals surface area contributed by atoms with Crippen LogP contribution in [-0.2, 0) is 9.53 Å². The predicted molar refractivity (Wildman–Crippen MR) is 52.9 cm³/mol. The van der Waals surface area contributed by atoms with Crippen LogP contribution in [0.3, 0.4) is 0 Å². The third kappa shape index (κ3) is 9.99. The quantitative estimate of drug-likeness (QED) is 0.759. The fourth-order valence-electron chi connectivity index (χ4n) is 0.679. The summed E-state index contributed by atoms with van der Waals surface area (Å²) in [4.78, 5) is 11.1. The highest BCUT2D eigenvalue weighted by Gasteiger charge is 2.27. The summed E-state index contributed by atoms with van der Waals surface area (Å²) in [6.07, 6.45) is -3.56. The van der Waals surface area contributed by atoms with Crippen molar-refractivity contribution >= 4 is 21.8 Å². The lowest BCUT2D eigenvalue weighted by Gasteiger charge is -2.10. The second-order valence-corrected chi connectivity index (χ2v) is 4.21. The van der Waals surface area contributed by atoms with Crippen molar-refractivity contribution in [3.8, 4) is 0 Å². The first-order chi connectivity index (χ1) is 6.85. The molecule has 90 valence electrons. The van der Waals surface area contributed by atoms with Crippen molar-refractivity contribution in [3.63, 3.8) is 0 Å². The summed E-state index contributed by atoms with van der Waals surface area (Å²) in [5.41, 5.74) is 0. The number of rotatable bonds is 6. The van der Waals surface area contributed by atoms with E-state index in [0.29, 0.717) is 6.54 Å². The molecule has 1 unspecified atom stereocenters. The molecule has 3 nitrogen and oxygen atoms in total. The highest BCUT2D eigenvalue weighted by Crippen LogP contribution is 2.14. The van der Waals surface area contributed by atoms with Crippen LogP contribution in [0.15, 0.2) is 0 Å². The van der Waals surface area contributed by atoms with Gasteiger partial charge in [0, 0.05) is 11.4 Å². The van der Waals surface area contributed by atoms with E-state index in [1.54, 1.807) is 0 Å². The highest BCUT2D eigenvalue weighted by atomic mass is 79.9. The average Bonchev–Trinajstić information content (AvgIpc) is 2.12. The third-order valence-corrected chi connectivity index (χ3v) is 2.43. The van der Waals surface area contributed by atoms with Gasteiger partial charge in [0.2, 0.25) is 5.91 Å². The molecule has 1 amide bonds. The van der Waals surface area contributed by atoms with E-state index in [0.717, 1.165) is 6.42 Å². The highest BCUT2D eigenvalue weighted by molar-refractivity contribution is 9.09. The molecule has 0 aliphatic rings. The van der Waals surface area contributed by atoms with E-state index < -0.39 is 25.3 Å². The number of carbonyl (C=O) groups is 1. The van der Waals surface area contributed by atoms with Gasteiger partial charge in [0.05, 0.1) is 0 Å². The van der Waals surface area contributed by atoms with Gasteiger partial charge < -0.3 is 10.1 Å². The molecule has 7 heteroatoms. The van der Waals surface area contributed by atoms with Crippen LogP contribution in [-0.4, -0.2) is 36.7 Å². The van der Waals surface area contributed by atoms with Crippen LogP contribution in [0.2, 0.25) is 0 Å². The predicted octanol–water partition coefficient (Wildman–Crippen LogP) is 1.86. The van der Waals surface area contributed by atoms with Gasteiger partial charge >= 0.3 is 6.18 Å². The van der Waals surface area contributed by atoms with Crippen molar-refractivity contribution in [1.29, 1.82) is 0 Å². The fraction of sp³-hybridized carbons (Fsp3) is 0.875. The molecule has 0 aliphatic carbocycles. The molecular weight excluding hydrogens is 279 g/mol. The maximum absolute atomic E-state index is 11.6. The first kappa shape index (κ1) is 14.7. The molecule has 15 heavy (non-hydrogen) atoms.